The number of carboxylic acid groups (broad SMARTS) is 1. The number of amides is 1. The summed E-state index contributed by atoms with van der Waals surface area (Å²) in [6, 6.07) is 15.8. The number of esters is 1. The van der Waals surface area contributed by atoms with E-state index in [2.05, 4.69) is 0 Å². The Morgan fingerprint density at radius 1 is 0.944 bits per heavy atom. The van der Waals surface area contributed by atoms with Gasteiger partial charge in [-0.2, -0.15) is 0 Å². The molecule has 0 saturated carbocycles. The summed E-state index contributed by atoms with van der Waals surface area (Å²) in [7, 11) is 0. The van der Waals surface area contributed by atoms with Gasteiger partial charge in [0.25, 0.3) is 0 Å². The fraction of sp³-hybridized carbons (Fsp3) is 0.444. The zero-order valence-electron chi connectivity index (χ0n) is 20.9. The van der Waals surface area contributed by atoms with Gasteiger partial charge >= 0.3 is 18.0 Å². The third-order valence-corrected chi connectivity index (χ3v) is 6.59. The number of carbonyl (C=O) groups excluding carboxylic acids is 2. The van der Waals surface area contributed by atoms with Crippen LogP contribution in [0.1, 0.15) is 37.8 Å². The summed E-state index contributed by atoms with van der Waals surface area (Å²) in [5.74, 6) is -2.63. The van der Waals surface area contributed by atoms with Gasteiger partial charge < -0.3 is 25.2 Å². The highest BCUT2D eigenvalue weighted by Gasteiger charge is 2.46. The lowest BCUT2D eigenvalue weighted by Crippen LogP contribution is -2.64. The Hall–Kier alpha value is -3.43. The molecule has 9 heteroatoms. The summed E-state index contributed by atoms with van der Waals surface area (Å²) in [5, 5.41) is 9.87. The first kappa shape index (κ1) is 25.7. The van der Waals surface area contributed by atoms with Crippen molar-refractivity contribution in [2.75, 3.05) is 39.3 Å². The van der Waals surface area contributed by atoms with Gasteiger partial charge in [-0.1, -0.05) is 48.5 Å². The molecule has 4 rings (SSSR count). The third kappa shape index (κ3) is 5.22. The van der Waals surface area contributed by atoms with Crippen LogP contribution in [0.15, 0.2) is 48.5 Å². The van der Waals surface area contributed by atoms with Gasteiger partial charge in [0.05, 0.1) is 0 Å². The number of hydrogen-bond donors (Lipinski definition) is 2. The first-order valence-corrected chi connectivity index (χ1v) is 12.1. The molecular formula is C27H33N3O6. The molecule has 1 fully saturated rings. The highest BCUT2D eigenvalue weighted by molar-refractivity contribution is 6.04. The summed E-state index contributed by atoms with van der Waals surface area (Å²) >= 11 is 0. The number of benzene rings is 2. The number of nitrogens with zero attached hydrogens (tertiary/aromatic N) is 2. The predicted molar refractivity (Wildman–Crippen MR) is 133 cm³/mol. The molecule has 36 heavy (non-hydrogen) atoms. The number of rotatable bonds is 6. The fourth-order valence-corrected chi connectivity index (χ4v) is 4.71. The molecule has 0 spiro atoms. The molecule has 1 saturated heterocycles. The number of carboxylic acids is 1. The van der Waals surface area contributed by atoms with Gasteiger partial charge in [-0.05, 0) is 43.0 Å². The van der Waals surface area contributed by atoms with Crippen LogP contribution in [0.4, 0.5) is 4.79 Å². The van der Waals surface area contributed by atoms with Crippen molar-refractivity contribution >= 4 is 18.0 Å². The molecule has 192 valence electrons. The van der Waals surface area contributed by atoms with E-state index >= 15 is 0 Å². The van der Waals surface area contributed by atoms with Gasteiger partial charge in [0, 0.05) is 38.6 Å². The Kier molecular flexibility index (Phi) is 7.06. The van der Waals surface area contributed by atoms with E-state index in [0.29, 0.717) is 26.2 Å². The van der Waals surface area contributed by atoms with Crippen LogP contribution < -0.4 is 5.73 Å². The molecule has 1 heterocycles. The Morgan fingerprint density at radius 3 is 1.97 bits per heavy atom. The number of ether oxygens (including phenoxy) is 2. The Labute approximate surface area is 210 Å². The Balaban J connectivity index is 1.40. The van der Waals surface area contributed by atoms with E-state index in [-0.39, 0.29) is 19.1 Å². The van der Waals surface area contributed by atoms with Crippen LogP contribution in [0.3, 0.4) is 0 Å². The highest BCUT2D eigenvalue weighted by atomic mass is 16.6. The number of hydrogen-bond acceptors (Lipinski definition) is 7. The van der Waals surface area contributed by atoms with E-state index in [1.807, 2.05) is 48.5 Å². The lowest BCUT2D eigenvalue weighted by molar-refractivity contribution is -0.162. The standard InChI is InChI=1S/C27H33N3O6/c1-26(2,3)36-25(34)30-14-12-29(13-15-30)17-27(28,23(31)32)24(33)35-16-22-20-10-6-4-8-18(20)19-9-5-7-11-21(19)22/h4-11,22H,12-17,28H2,1-3H3,(H,31,32)/t27-/m1/s1. The number of nitrogens with two attached hydrogens (primary N) is 1. The van der Waals surface area contributed by atoms with Crippen molar-refractivity contribution in [2.24, 2.45) is 5.73 Å². The zero-order valence-corrected chi connectivity index (χ0v) is 20.9. The quantitative estimate of drug-likeness (QED) is 0.463. The topological polar surface area (TPSA) is 122 Å². The number of aliphatic carboxylic acids is 1. The van der Waals surface area contributed by atoms with Crippen molar-refractivity contribution in [1.29, 1.82) is 0 Å². The van der Waals surface area contributed by atoms with Crippen molar-refractivity contribution < 1.29 is 29.0 Å². The molecule has 1 atom stereocenters. The highest BCUT2D eigenvalue weighted by Crippen LogP contribution is 2.44. The molecule has 1 amide bonds. The number of fused-ring (bicyclic) bond motifs is 3. The maximum atomic E-state index is 13.1. The van der Waals surface area contributed by atoms with Gasteiger partial charge in [0.15, 0.2) is 0 Å². The average molecular weight is 496 g/mol. The summed E-state index contributed by atoms with van der Waals surface area (Å²) in [6.07, 6.45) is -0.420. The minimum atomic E-state index is -2.23. The van der Waals surface area contributed by atoms with E-state index in [9.17, 15) is 19.5 Å². The van der Waals surface area contributed by atoms with E-state index in [4.69, 9.17) is 15.2 Å². The molecule has 0 unspecified atom stereocenters. The van der Waals surface area contributed by atoms with Crippen molar-refractivity contribution in [3.63, 3.8) is 0 Å². The predicted octanol–water partition coefficient (Wildman–Crippen LogP) is 2.68. The SMILES string of the molecule is CC(C)(C)OC(=O)N1CCN(C[C@@](N)(C(=O)O)C(=O)OCC2c3ccccc3-c3ccccc32)CC1. The van der Waals surface area contributed by atoms with Crippen LogP contribution in [0.5, 0.6) is 0 Å². The molecule has 1 aliphatic carbocycles. The molecule has 1 aliphatic heterocycles. The molecule has 3 N–H and O–H groups in total. The lowest BCUT2D eigenvalue weighted by atomic mass is 9.97. The maximum absolute atomic E-state index is 13.1. The summed E-state index contributed by atoms with van der Waals surface area (Å²) in [5.41, 5.74) is 7.53. The van der Waals surface area contributed by atoms with Crippen LogP contribution in [-0.2, 0) is 19.1 Å². The monoisotopic (exact) mass is 495 g/mol. The van der Waals surface area contributed by atoms with Crippen LogP contribution in [0.25, 0.3) is 11.1 Å². The van der Waals surface area contributed by atoms with Crippen molar-refractivity contribution in [3.05, 3.63) is 59.7 Å². The Morgan fingerprint density at radius 2 is 1.47 bits per heavy atom. The van der Waals surface area contributed by atoms with Gasteiger partial charge in [0.2, 0.25) is 5.54 Å². The second-order valence-corrected chi connectivity index (χ2v) is 10.3. The average Bonchev–Trinajstić information content (AvgIpc) is 3.15. The first-order chi connectivity index (χ1) is 17.0. The van der Waals surface area contributed by atoms with Crippen molar-refractivity contribution in [3.8, 4) is 11.1 Å². The van der Waals surface area contributed by atoms with Gasteiger partial charge in [-0.15, -0.1) is 0 Å². The summed E-state index contributed by atoms with van der Waals surface area (Å²) in [6.45, 7) is 6.57. The second kappa shape index (κ2) is 9.91. The molecule has 2 aliphatic rings. The minimum absolute atomic E-state index is 0.00842. The molecule has 2 aromatic rings. The van der Waals surface area contributed by atoms with Gasteiger partial charge in [0.1, 0.15) is 12.2 Å². The smallest absolute Gasteiger partial charge is 0.410 e. The minimum Gasteiger partial charge on any atom is -0.479 e. The Bertz CT molecular complexity index is 1110. The van der Waals surface area contributed by atoms with Crippen LogP contribution >= 0.6 is 0 Å². The van der Waals surface area contributed by atoms with Gasteiger partial charge in [-0.25, -0.2) is 14.4 Å². The number of piperazine rings is 1. The van der Waals surface area contributed by atoms with Crippen molar-refractivity contribution in [2.45, 2.75) is 37.8 Å². The maximum Gasteiger partial charge on any atom is 0.410 e. The van der Waals surface area contributed by atoms with E-state index in [1.54, 1.807) is 30.6 Å². The third-order valence-electron chi connectivity index (χ3n) is 6.59. The molecule has 2 aromatic carbocycles. The van der Waals surface area contributed by atoms with Crippen LogP contribution in [0.2, 0.25) is 0 Å². The van der Waals surface area contributed by atoms with Crippen LogP contribution in [0, 0.1) is 0 Å². The van der Waals surface area contributed by atoms with Crippen molar-refractivity contribution in [1.82, 2.24) is 9.80 Å². The zero-order chi connectivity index (χ0) is 26.1. The molecule has 0 radical (unpaired) electrons. The second-order valence-electron chi connectivity index (χ2n) is 10.3. The summed E-state index contributed by atoms with van der Waals surface area (Å²) < 4.78 is 11.0. The van der Waals surface area contributed by atoms with Crippen LogP contribution in [-0.4, -0.2) is 83.4 Å². The van der Waals surface area contributed by atoms with Gasteiger partial charge in [-0.3, -0.25) is 4.90 Å². The van der Waals surface area contributed by atoms with E-state index in [0.717, 1.165) is 22.3 Å². The largest absolute Gasteiger partial charge is 0.479 e. The molecular weight excluding hydrogens is 462 g/mol. The summed E-state index contributed by atoms with van der Waals surface area (Å²) in [4.78, 5) is 40.8. The first-order valence-electron chi connectivity index (χ1n) is 12.1. The fourth-order valence-electron chi connectivity index (χ4n) is 4.71. The molecule has 9 nitrogen and oxygen atoms in total. The molecule has 0 bridgehead atoms. The van der Waals surface area contributed by atoms with E-state index < -0.39 is 29.2 Å². The number of carbonyl (C=O) groups is 3. The normalized spacial score (nSPS) is 17.6. The van der Waals surface area contributed by atoms with E-state index in [1.165, 1.54) is 0 Å². The lowest BCUT2D eigenvalue weighted by Gasteiger charge is -2.38. The molecule has 0 aromatic heterocycles.